The van der Waals surface area contributed by atoms with Gasteiger partial charge < -0.3 is 14.8 Å². The molecule has 0 spiro atoms. The summed E-state index contributed by atoms with van der Waals surface area (Å²) in [6.45, 7) is 4.26. The van der Waals surface area contributed by atoms with E-state index < -0.39 is 16.4 Å². The van der Waals surface area contributed by atoms with Gasteiger partial charge in [0.15, 0.2) is 11.5 Å². The molecule has 0 aliphatic heterocycles. The number of aromatic nitrogens is 2. The van der Waals surface area contributed by atoms with E-state index in [-0.39, 0.29) is 23.7 Å². The van der Waals surface area contributed by atoms with Crippen molar-refractivity contribution in [1.82, 2.24) is 9.55 Å². The van der Waals surface area contributed by atoms with Crippen LogP contribution >= 0.6 is 0 Å². The largest absolute Gasteiger partial charge is 0.490 e. The van der Waals surface area contributed by atoms with Crippen LogP contribution in [0.15, 0.2) is 47.4 Å². The van der Waals surface area contributed by atoms with Crippen molar-refractivity contribution < 1.29 is 19.2 Å². The number of nitrogens with one attached hydrogen (secondary N) is 1. The molecule has 10 nitrogen and oxygen atoms in total. The molecule has 0 unspecified atom stereocenters. The summed E-state index contributed by atoms with van der Waals surface area (Å²) in [7, 11) is 0. The maximum absolute atomic E-state index is 12.7. The average molecular weight is 440 g/mol. The number of amides is 1. The van der Waals surface area contributed by atoms with Crippen LogP contribution in [0.5, 0.6) is 11.5 Å². The average Bonchev–Trinajstić information content (AvgIpc) is 2.78. The first-order valence-corrected chi connectivity index (χ1v) is 10.3. The van der Waals surface area contributed by atoms with Crippen LogP contribution in [-0.4, -0.2) is 33.6 Å². The molecular formula is C22H24N4O6. The number of nitro benzene ring substituents is 1. The number of hydrogen-bond donors (Lipinski definition) is 1. The molecule has 0 radical (unpaired) electrons. The molecule has 0 saturated heterocycles. The van der Waals surface area contributed by atoms with Crippen LogP contribution in [0.3, 0.4) is 0 Å². The molecule has 0 aliphatic carbocycles. The van der Waals surface area contributed by atoms with Crippen LogP contribution in [-0.2, 0) is 11.3 Å². The van der Waals surface area contributed by atoms with Gasteiger partial charge in [0.25, 0.3) is 11.2 Å². The van der Waals surface area contributed by atoms with Crippen molar-refractivity contribution in [3.8, 4) is 11.5 Å². The SMILES string of the molecule is CCCOc1cc(NC(=O)Cn2c(=O)cnc3ccccc32)c([N+](=O)[O-])cc1OCCC. The Morgan fingerprint density at radius 3 is 2.44 bits per heavy atom. The second-order valence-corrected chi connectivity index (χ2v) is 6.99. The minimum atomic E-state index is -0.605. The number of carbonyl (C=O) groups is 1. The highest BCUT2D eigenvalue weighted by Crippen LogP contribution is 2.38. The van der Waals surface area contributed by atoms with Crippen molar-refractivity contribution >= 4 is 28.3 Å². The molecular weight excluding hydrogens is 416 g/mol. The third-order valence-corrected chi connectivity index (χ3v) is 4.51. The van der Waals surface area contributed by atoms with Crippen LogP contribution in [0.2, 0.25) is 0 Å². The van der Waals surface area contributed by atoms with Crippen LogP contribution in [0.25, 0.3) is 11.0 Å². The molecule has 0 atom stereocenters. The number of benzene rings is 2. The number of ether oxygens (including phenoxy) is 2. The molecule has 10 heteroatoms. The van der Waals surface area contributed by atoms with Gasteiger partial charge in [-0.3, -0.25) is 24.3 Å². The highest BCUT2D eigenvalue weighted by Gasteiger charge is 2.22. The predicted molar refractivity (Wildman–Crippen MR) is 119 cm³/mol. The van der Waals surface area contributed by atoms with Gasteiger partial charge in [-0.25, -0.2) is 4.98 Å². The van der Waals surface area contributed by atoms with E-state index in [9.17, 15) is 19.7 Å². The minimum Gasteiger partial charge on any atom is -0.490 e. The number of para-hydroxylation sites is 2. The third-order valence-electron chi connectivity index (χ3n) is 4.51. The lowest BCUT2D eigenvalue weighted by Gasteiger charge is -2.15. The topological polar surface area (TPSA) is 126 Å². The fourth-order valence-electron chi connectivity index (χ4n) is 3.06. The zero-order chi connectivity index (χ0) is 23.1. The van der Waals surface area contributed by atoms with Crippen molar-refractivity contribution in [2.24, 2.45) is 0 Å². The number of fused-ring (bicyclic) bond motifs is 1. The van der Waals surface area contributed by atoms with Crippen LogP contribution in [0, 0.1) is 10.1 Å². The Hall–Kier alpha value is -3.95. The summed E-state index contributed by atoms with van der Waals surface area (Å²) in [6, 6.07) is 9.52. The molecule has 3 rings (SSSR count). The highest BCUT2D eigenvalue weighted by atomic mass is 16.6. The molecule has 0 saturated carbocycles. The molecule has 1 N–H and O–H groups in total. The predicted octanol–water partition coefficient (Wildman–Crippen LogP) is 3.52. The van der Waals surface area contributed by atoms with E-state index in [1.54, 1.807) is 24.3 Å². The first kappa shape index (κ1) is 22.7. The van der Waals surface area contributed by atoms with Crippen molar-refractivity contribution in [3.63, 3.8) is 0 Å². The van der Waals surface area contributed by atoms with E-state index >= 15 is 0 Å². The summed E-state index contributed by atoms with van der Waals surface area (Å²) in [4.78, 5) is 40.1. The Morgan fingerprint density at radius 2 is 1.78 bits per heavy atom. The van der Waals surface area contributed by atoms with Gasteiger partial charge in [-0.15, -0.1) is 0 Å². The van der Waals surface area contributed by atoms with E-state index in [0.29, 0.717) is 36.4 Å². The summed E-state index contributed by atoms with van der Waals surface area (Å²) in [5.41, 5.74) is 0.212. The normalized spacial score (nSPS) is 10.7. The molecule has 0 fully saturated rings. The van der Waals surface area contributed by atoms with Crippen molar-refractivity contribution in [3.05, 3.63) is 63.1 Å². The molecule has 32 heavy (non-hydrogen) atoms. The van der Waals surface area contributed by atoms with E-state index in [1.807, 2.05) is 13.8 Å². The van der Waals surface area contributed by atoms with Crippen molar-refractivity contribution in [2.45, 2.75) is 33.2 Å². The Labute approximate surface area is 183 Å². The summed E-state index contributed by atoms with van der Waals surface area (Å²) in [5, 5.41) is 14.2. The van der Waals surface area contributed by atoms with Crippen molar-refractivity contribution in [2.75, 3.05) is 18.5 Å². The molecule has 1 heterocycles. The third kappa shape index (κ3) is 5.20. The Kier molecular flexibility index (Phi) is 7.37. The van der Waals surface area contributed by atoms with Gasteiger partial charge in [0, 0.05) is 6.07 Å². The van der Waals surface area contributed by atoms with E-state index in [0.717, 1.165) is 12.6 Å². The monoisotopic (exact) mass is 440 g/mol. The lowest BCUT2D eigenvalue weighted by Crippen LogP contribution is -2.28. The second-order valence-electron chi connectivity index (χ2n) is 6.99. The van der Waals surface area contributed by atoms with Gasteiger partial charge in [0.2, 0.25) is 5.91 Å². The standard InChI is InChI=1S/C22H24N4O6/c1-3-9-31-19-11-16(18(26(29)30)12-20(19)32-10-4-2)24-21(27)14-25-17-8-6-5-7-15(17)23-13-22(25)28/h5-8,11-13H,3-4,9-10,14H2,1-2H3,(H,24,27). The molecule has 0 bridgehead atoms. The van der Waals surface area contributed by atoms with E-state index in [4.69, 9.17) is 9.47 Å². The molecule has 0 aliphatic rings. The number of nitrogens with zero attached hydrogens (tertiary/aromatic N) is 3. The maximum atomic E-state index is 12.7. The minimum absolute atomic E-state index is 0.0404. The lowest BCUT2D eigenvalue weighted by atomic mass is 10.2. The zero-order valence-electron chi connectivity index (χ0n) is 17.9. The van der Waals surface area contributed by atoms with E-state index in [1.165, 1.54) is 16.7 Å². The van der Waals surface area contributed by atoms with E-state index in [2.05, 4.69) is 10.3 Å². The van der Waals surface area contributed by atoms with Gasteiger partial charge in [0.1, 0.15) is 12.2 Å². The van der Waals surface area contributed by atoms with Crippen LogP contribution in [0.1, 0.15) is 26.7 Å². The van der Waals surface area contributed by atoms with Crippen molar-refractivity contribution in [1.29, 1.82) is 0 Å². The van der Waals surface area contributed by atoms with Gasteiger partial charge >= 0.3 is 0 Å². The maximum Gasteiger partial charge on any atom is 0.296 e. The Bertz CT molecular complexity index is 1190. The van der Waals surface area contributed by atoms with Crippen LogP contribution in [0.4, 0.5) is 11.4 Å². The Balaban J connectivity index is 1.93. The van der Waals surface area contributed by atoms with Gasteiger partial charge in [-0.2, -0.15) is 0 Å². The molecule has 2 aromatic carbocycles. The summed E-state index contributed by atoms with van der Waals surface area (Å²) < 4.78 is 12.5. The molecule has 1 aromatic heterocycles. The molecule has 1 amide bonds. The van der Waals surface area contributed by atoms with Gasteiger partial charge in [-0.05, 0) is 25.0 Å². The molecule has 3 aromatic rings. The molecule has 168 valence electrons. The quantitative estimate of drug-likeness (QED) is 0.378. The lowest BCUT2D eigenvalue weighted by molar-refractivity contribution is -0.384. The van der Waals surface area contributed by atoms with Gasteiger partial charge in [-0.1, -0.05) is 26.0 Å². The number of rotatable bonds is 10. The van der Waals surface area contributed by atoms with Gasteiger partial charge in [0.05, 0.1) is 41.4 Å². The van der Waals surface area contributed by atoms with Crippen LogP contribution < -0.4 is 20.3 Å². The Morgan fingerprint density at radius 1 is 1.12 bits per heavy atom. The fraction of sp³-hybridized carbons (Fsp3) is 0.318. The highest BCUT2D eigenvalue weighted by molar-refractivity contribution is 5.94. The first-order chi connectivity index (χ1) is 15.4. The zero-order valence-corrected chi connectivity index (χ0v) is 17.9. The summed E-state index contributed by atoms with van der Waals surface area (Å²) >= 11 is 0. The number of nitro groups is 1. The summed E-state index contributed by atoms with van der Waals surface area (Å²) in [5.74, 6) is -0.0655. The number of hydrogen-bond acceptors (Lipinski definition) is 7. The summed E-state index contributed by atoms with van der Waals surface area (Å²) in [6.07, 6.45) is 2.58. The second kappa shape index (κ2) is 10.4. The fourth-order valence-corrected chi connectivity index (χ4v) is 3.06. The number of carbonyl (C=O) groups excluding carboxylic acids is 1. The first-order valence-electron chi connectivity index (χ1n) is 10.3. The smallest absolute Gasteiger partial charge is 0.296 e. The number of anilines is 1.